The molecule has 90 valence electrons. The summed E-state index contributed by atoms with van der Waals surface area (Å²) in [4.78, 5) is 10.7. The summed E-state index contributed by atoms with van der Waals surface area (Å²) in [5.74, 6) is 1.36. The second-order valence-corrected chi connectivity index (χ2v) is 3.94. The molecule has 0 amide bonds. The van der Waals surface area contributed by atoms with E-state index in [0.717, 1.165) is 19.1 Å². The van der Waals surface area contributed by atoms with E-state index < -0.39 is 0 Å². The van der Waals surface area contributed by atoms with Crippen molar-refractivity contribution in [2.45, 2.75) is 25.9 Å². The van der Waals surface area contributed by atoms with Crippen LogP contribution in [0.5, 0.6) is 11.5 Å². The number of hydrogen-bond donors (Lipinski definition) is 0. The van der Waals surface area contributed by atoms with Gasteiger partial charge in [-0.1, -0.05) is 12.2 Å². The van der Waals surface area contributed by atoms with E-state index in [-0.39, 0.29) is 6.10 Å². The molecule has 0 heterocycles. The molecule has 1 aliphatic carbocycles. The SMILES string of the molecule is CCOc1cc(C=O)ccc1OC1CC=CC1. The zero-order chi connectivity index (χ0) is 12.1. The first-order chi connectivity index (χ1) is 8.33. The fraction of sp³-hybridized carbons (Fsp3) is 0.357. The number of aldehydes is 1. The van der Waals surface area contributed by atoms with Crippen LogP contribution < -0.4 is 9.47 Å². The van der Waals surface area contributed by atoms with Crippen molar-refractivity contribution in [1.29, 1.82) is 0 Å². The zero-order valence-electron chi connectivity index (χ0n) is 9.89. The molecule has 0 radical (unpaired) electrons. The molecule has 0 unspecified atom stereocenters. The highest BCUT2D eigenvalue weighted by Gasteiger charge is 2.15. The smallest absolute Gasteiger partial charge is 0.161 e. The topological polar surface area (TPSA) is 35.5 Å². The van der Waals surface area contributed by atoms with E-state index in [0.29, 0.717) is 23.7 Å². The molecule has 17 heavy (non-hydrogen) atoms. The molecule has 1 aromatic carbocycles. The van der Waals surface area contributed by atoms with E-state index in [1.165, 1.54) is 0 Å². The van der Waals surface area contributed by atoms with Crippen LogP contribution in [0.1, 0.15) is 30.1 Å². The molecule has 2 rings (SSSR count). The van der Waals surface area contributed by atoms with E-state index in [4.69, 9.17) is 9.47 Å². The molecule has 0 saturated carbocycles. The summed E-state index contributed by atoms with van der Waals surface area (Å²) in [7, 11) is 0. The van der Waals surface area contributed by atoms with Crippen molar-refractivity contribution in [3.05, 3.63) is 35.9 Å². The Labute approximate surface area is 101 Å². The lowest BCUT2D eigenvalue weighted by Crippen LogP contribution is -2.12. The molecular weight excluding hydrogens is 216 g/mol. The first kappa shape index (κ1) is 11.7. The predicted octanol–water partition coefficient (Wildman–Crippen LogP) is 3.00. The minimum absolute atomic E-state index is 0.191. The van der Waals surface area contributed by atoms with E-state index in [2.05, 4.69) is 12.2 Å². The molecule has 0 aliphatic heterocycles. The van der Waals surface area contributed by atoms with E-state index in [1.54, 1.807) is 18.2 Å². The minimum atomic E-state index is 0.191. The Morgan fingerprint density at radius 3 is 2.71 bits per heavy atom. The number of carbonyl (C=O) groups is 1. The fourth-order valence-electron chi connectivity index (χ4n) is 1.83. The van der Waals surface area contributed by atoms with Gasteiger partial charge in [-0.3, -0.25) is 4.79 Å². The molecule has 0 fully saturated rings. The third-order valence-electron chi connectivity index (χ3n) is 2.66. The number of benzene rings is 1. The molecule has 0 bridgehead atoms. The van der Waals surface area contributed by atoms with Crippen molar-refractivity contribution in [3.63, 3.8) is 0 Å². The average Bonchev–Trinajstić information content (AvgIpc) is 2.84. The van der Waals surface area contributed by atoms with Crippen molar-refractivity contribution >= 4 is 6.29 Å². The van der Waals surface area contributed by atoms with Gasteiger partial charge in [-0.25, -0.2) is 0 Å². The summed E-state index contributed by atoms with van der Waals surface area (Å²) in [6, 6.07) is 5.26. The molecular formula is C14H16O3. The summed E-state index contributed by atoms with van der Waals surface area (Å²) >= 11 is 0. The summed E-state index contributed by atoms with van der Waals surface area (Å²) in [5.41, 5.74) is 0.602. The lowest BCUT2D eigenvalue weighted by atomic mass is 10.2. The summed E-state index contributed by atoms with van der Waals surface area (Å²) in [6.45, 7) is 2.47. The van der Waals surface area contributed by atoms with Crippen molar-refractivity contribution in [2.24, 2.45) is 0 Å². The number of hydrogen-bond acceptors (Lipinski definition) is 3. The Morgan fingerprint density at radius 1 is 1.29 bits per heavy atom. The van der Waals surface area contributed by atoms with Gasteiger partial charge in [0.25, 0.3) is 0 Å². The molecule has 1 aliphatic rings. The Hall–Kier alpha value is -1.77. The van der Waals surface area contributed by atoms with Gasteiger partial charge < -0.3 is 9.47 Å². The van der Waals surface area contributed by atoms with Crippen LogP contribution in [0.3, 0.4) is 0 Å². The summed E-state index contributed by atoms with van der Waals surface area (Å²) in [5, 5.41) is 0. The van der Waals surface area contributed by atoms with Gasteiger partial charge in [0.2, 0.25) is 0 Å². The molecule has 0 saturated heterocycles. The maximum Gasteiger partial charge on any atom is 0.161 e. The molecule has 0 N–H and O–H groups in total. The molecule has 0 atom stereocenters. The first-order valence-electron chi connectivity index (χ1n) is 5.87. The van der Waals surface area contributed by atoms with E-state index >= 15 is 0 Å². The van der Waals surface area contributed by atoms with Crippen LogP contribution in [0.4, 0.5) is 0 Å². The van der Waals surface area contributed by atoms with Crippen LogP contribution in [0.2, 0.25) is 0 Å². The number of carbonyl (C=O) groups excluding carboxylic acids is 1. The quantitative estimate of drug-likeness (QED) is 0.578. The van der Waals surface area contributed by atoms with Gasteiger partial charge in [-0.2, -0.15) is 0 Å². The van der Waals surface area contributed by atoms with Gasteiger partial charge in [-0.15, -0.1) is 0 Å². The monoisotopic (exact) mass is 232 g/mol. The predicted molar refractivity (Wildman–Crippen MR) is 65.8 cm³/mol. The number of ether oxygens (including phenoxy) is 2. The summed E-state index contributed by atoms with van der Waals surface area (Å²) < 4.78 is 11.3. The zero-order valence-corrected chi connectivity index (χ0v) is 9.89. The molecule has 0 spiro atoms. The van der Waals surface area contributed by atoms with Gasteiger partial charge in [0.05, 0.1) is 6.61 Å². The van der Waals surface area contributed by atoms with Crippen LogP contribution in [-0.2, 0) is 0 Å². The maximum atomic E-state index is 10.7. The van der Waals surface area contributed by atoms with Crippen LogP contribution in [-0.4, -0.2) is 19.0 Å². The lowest BCUT2D eigenvalue weighted by molar-refractivity contribution is 0.112. The Balaban J connectivity index is 2.15. The maximum absolute atomic E-state index is 10.7. The van der Waals surface area contributed by atoms with Crippen molar-refractivity contribution in [2.75, 3.05) is 6.61 Å². The minimum Gasteiger partial charge on any atom is -0.490 e. The first-order valence-corrected chi connectivity index (χ1v) is 5.87. The van der Waals surface area contributed by atoms with Crippen molar-refractivity contribution in [3.8, 4) is 11.5 Å². The third kappa shape index (κ3) is 2.87. The number of rotatable bonds is 5. The van der Waals surface area contributed by atoms with E-state index in [9.17, 15) is 4.79 Å². The Morgan fingerprint density at radius 2 is 2.06 bits per heavy atom. The van der Waals surface area contributed by atoms with Crippen LogP contribution in [0, 0.1) is 0 Å². The second kappa shape index (κ2) is 5.53. The molecule has 1 aromatic rings. The van der Waals surface area contributed by atoms with Gasteiger partial charge in [0.15, 0.2) is 11.5 Å². The van der Waals surface area contributed by atoms with Crippen LogP contribution in [0.15, 0.2) is 30.4 Å². The van der Waals surface area contributed by atoms with Crippen LogP contribution >= 0.6 is 0 Å². The Kier molecular flexibility index (Phi) is 3.81. The standard InChI is InChI=1S/C14H16O3/c1-2-16-14-9-11(10-15)7-8-13(14)17-12-5-3-4-6-12/h3-4,7-10,12H,2,5-6H2,1H3. The second-order valence-electron chi connectivity index (χ2n) is 3.94. The van der Waals surface area contributed by atoms with Crippen molar-refractivity contribution < 1.29 is 14.3 Å². The highest BCUT2D eigenvalue weighted by atomic mass is 16.5. The fourth-order valence-corrected chi connectivity index (χ4v) is 1.83. The molecule has 3 heteroatoms. The highest BCUT2D eigenvalue weighted by Crippen LogP contribution is 2.30. The van der Waals surface area contributed by atoms with Gasteiger partial charge in [-0.05, 0) is 25.1 Å². The van der Waals surface area contributed by atoms with Gasteiger partial charge in [0, 0.05) is 18.4 Å². The van der Waals surface area contributed by atoms with Gasteiger partial charge >= 0.3 is 0 Å². The van der Waals surface area contributed by atoms with Gasteiger partial charge in [0.1, 0.15) is 12.4 Å². The van der Waals surface area contributed by atoms with Crippen LogP contribution in [0.25, 0.3) is 0 Å². The molecule has 3 nitrogen and oxygen atoms in total. The van der Waals surface area contributed by atoms with Crippen molar-refractivity contribution in [1.82, 2.24) is 0 Å². The molecule has 0 aromatic heterocycles. The Bertz CT molecular complexity index is 415. The largest absolute Gasteiger partial charge is 0.490 e. The third-order valence-corrected chi connectivity index (χ3v) is 2.66. The lowest BCUT2D eigenvalue weighted by Gasteiger charge is -2.16. The summed E-state index contributed by atoms with van der Waals surface area (Å²) in [6.07, 6.45) is 7.09. The highest BCUT2D eigenvalue weighted by molar-refractivity contribution is 5.76. The van der Waals surface area contributed by atoms with E-state index in [1.807, 2.05) is 6.92 Å². The normalized spacial score (nSPS) is 14.9. The average molecular weight is 232 g/mol.